The monoisotopic (exact) mass is 603 g/mol. The molecule has 0 bridgehead atoms. The van der Waals surface area contributed by atoms with Crippen molar-refractivity contribution < 1.29 is 29.0 Å². The largest absolute Gasteiger partial charge is 0.506 e. The Labute approximate surface area is 255 Å². The van der Waals surface area contributed by atoms with Crippen LogP contribution in [0.3, 0.4) is 0 Å². The summed E-state index contributed by atoms with van der Waals surface area (Å²) in [4.78, 5) is 42.7. The number of rotatable bonds is 6. The number of nitrogens with one attached hydrogen (secondary N) is 1. The average Bonchev–Trinajstić information content (AvgIpc) is 3.10. The first kappa shape index (κ1) is 30.0. The molecule has 2 amide bonds. The van der Waals surface area contributed by atoms with Gasteiger partial charge in [-0.25, -0.2) is 4.79 Å². The lowest BCUT2D eigenvalue weighted by atomic mass is 9.73. The zero-order chi connectivity index (χ0) is 30.9. The number of ether oxygens (including phenoxy) is 2. The van der Waals surface area contributed by atoms with Crippen LogP contribution >= 0.6 is 11.6 Å². The molecule has 43 heavy (non-hydrogen) atoms. The number of phenolic OH excluding ortho intramolecular Hbond substituents is 1. The number of aromatic hydroxyl groups is 1. The smallest absolute Gasteiger partial charge is 0.415 e. The third-order valence-corrected chi connectivity index (χ3v) is 7.86. The van der Waals surface area contributed by atoms with Crippen LogP contribution in [0.5, 0.6) is 11.5 Å². The van der Waals surface area contributed by atoms with E-state index in [2.05, 4.69) is 5.32 Å². The lowest BCUT2D eigenvalue weighted by Gasteiger charge is -2.37. The third kappa shape index (κ3) is 6.32. The number of amides is 2. The van der Waals surface area contributed by atoms with E-state index in [0.717, 1.165) is 5.56 Å². The van der Waals surface area contributed by atoms with Crippen LogP contribution in [0.4, 0.5) is 16.2 Å². The van der Waals surface area contributed by atoms with E-state index < -0.39 is 24.6 Å². The molecule has 0 aromatic heterocycles. The van der Waals surface area contributed by atoms with Gasteiger partial charge in [0.25, 0.3) is 5.91 Å². The molecule has 0 spiro atoms. The van der Waals surface area contributed by atoms with E-state index in [1.54, 1.807) is 44.4 Å². The number of para-hydroxylation sites is 1. The number of ketones is 1. The van der Waals surface area contributed by atoms with Crippen molar-refractivity contribution in [2.75, 3.05) is 30.9 Å². The second-order valence-corrected chi connectivity index (χ2v) is 12.1. The minimum absolute atomic E-state index is 0.112. The molecule has 1 heterocycles. The summed E-state index contributed by atoms with van der Waals surface area (Å²) < 4.78 is 11.5. The number of phenols is 1. The minimum atomic E-state index is -1.02. The first-order valence-corrected chi connectivity index (χ1v) is 14.3. The fourth-order valence-electron chi connectivity index (χ4n) is 5.42. The first-order valence-electron chi connectivity index (χ1n) is 13.9. The van der Waals surface area contributed by atoms with Crippen LogP contribution in [0.2, 0.25) is 5.02 Å². The molecule has 10 heteroatoms. The minimum Gasteiger partial charge on any atom is -0.506 e. The van der Waals surface area contributed by atoms with Crippen molar-refractivity contribution in [1.82, 2.24) is 4.90 Å². The summed E-state index contributed by atoms with van der Waals surface area (Å²) in [5.41, 5.74) is 2.51. The highest BCUT2D eigenvalue weighted by molar-refractivity contribution is 6.31. The van der Waals surface area contributed by atoms with E-state index >= 15 is 0 Å². The van der Waals surface area contributed by atoms with Gasteiger partial charge in [-0.3, -0.25) is 14.5 Å². The summed E-state index contributed by atoms with van der Waals surface area (Å²) >= 11 is 6.91. The second-order valence-electron chi connectivity index (χ2n) is 11.7. The number of hydrogen-bond acceptors (Lipinski definition) is 7. The summed E-state index contributed by atoms with van der Waals surface area (Å²) in [7, 11) is 3.12. The van der Waals surface area contributed by atoms with Gasteiger partial charge in [0.1, 0.15) is 23.8 Å². The SMILES string of the molecule is CN(C)C(=O)COC(=O)N1c2cccc(O)c2NC2=C(C(=O)CC(C)(C)C2)C1c1ccc(OCc2ccccc2)cc1Cl. The molecule has 224 valence electrons. The fraction of sp³-hybridized carbons (Fsp3) is 0.303. The Morgan fingerprint density at radius 2 is 1.81 bits per heavy atom. The summed E-state index contributed by atoms with van der Waals surface area (Å²) in [6.07, 6.45) is -0.152. The van der Waals surface area contributed by atoms with Gasteiger partial charge in [0.05, 0.1) is 11.7 Å². The highest BCUT2D eigenvalue weighted by Crippen LogP contribution is 2.51. The number of carbonyl (C=O) groups excluding carboxylic acids is 3. The number of likely N-dealkylation sites (N-methyl/N-ethyl adjacent to an activating group) is 1. The molecule has 0 saturated carbocycles. The van der Waals surface area contributed by atoms with Crippen molar-refractivity contribution in [3.63, 3.8) is 0 Å². The van der Waals surface area contributed by atoms with E-state index in [1.807, 2.05) is 44.2 Å². The van der Waals surface area contributed by atoms with Crippen LogP contribution in [-0.2, 0) is 20.9 Å². The molecule has 1 atom stereocenters. The first-order chi connectivity index (χ1) is 20.4. The Bertz CT molecular complexity index is 1600. The van der Waals surface area contributed by atoms with Crippen molar-refractivity contribution in [3.8, 4) is 11.5 Å². The standard InChI is InChI=1S/C33H34ClN3O6/c1-33(2)16-24-29(27(39)17-33)31(22-14-13-21(15-23(22)34)42-18-20-9-6-5-7-10-20)37(32(41)43-19-28(40)36(3)4)25-11-8-12-26(38)30(25)35-24/h5-15,31,35,38H,16-19H2,1-4H3. The molecule has 9 nitrogen and oxygen atoms in total. The number of Topliss-reactive ketones (excluding diaryl/α,β-unsaturated/α-hetero) is 1. The fourth-order valence-corrected chi connectivity index (χ4v) is 5.69. The summed E-state index contributed by atoms with van der Waals surface area (Å²) in [6.45, 7) is 3.81. The van der Waals surface area contributed by atoms with Crippen molar-refractivity contribution >= 4 is 40.8 Å². The number of allylic oxidation sites excluding steroid dienone is 1. The molecule has 5 rings (SSSR count). The summed E-state index contributed by atoms with van der Waals surface area (Å²) in [5.74, 6) is -0.182. The quantitative estimate of drug-likeness (QED) is 0.311. The molecule has 2 N–H and O–H groups in total. The summed E-state index contributed by atoms with van der Waals surface area (Å²) in [6, 6.07) is 18.5. The summed E-state index contributed by atoms with van der Waals surface area (Å²) in [5, 5.41) is 14.4. The molecule has 3 aromatic rings. The van der Waals surface area contributed by atoms with Crippen LogP contribution < -0.4 is 15.0 Å². The molecule has 1 aliphatic carbocycles. The Morgan fingerprint density at radius 1 is 1.07 bits per heavy atom. The van der Waals surface area contributed by atoms with E-state index in [-0.39, 0.29) is 39.8 Å². The highest BCUT2D eigenvalue weighted by Gasteiger charge is 2.45. The maximum absolute atomic E-state index is 13.9. The molecule has 0 fully saturated rings. The van der Waals surface area contributed by atoms with Gasteiger partial charge in [0.15, 0.2) is 12.4 Å². The maximum Gasteiger partial charge on any atom is 0.415 e. The predicted molar refractivity (Wildman–Crippen MR) is 164 cm³/mol. The predicted octanol–water partition coefficient (Wildman–Crippen LogP) is 6.47. The molecule has 1 unspecified atom stereocenters. The lowest BCUT2D eigenvalue weighted by Crippen LogP contribution is -2.41. The third-order valence-electron chi connectivity index (χ3n) is 7.54. The maximum atomic E-state index is 13.9. The average molecular weight is 604 g/mol. The van der Waals surface area contributed by atoms with Crippen LogP contribution in [0, 0.1) is 5.41 Å². The Hall–Kier alpha value is -4.50. The highest BCUT2D eigenvalue weighted by atomic mass is 35.5. The number of halogens is 1. The van der Waals surface area contributed by atoms with Gasteiger partial charge >= 0.3 is 6.09 Å². The van der Waals surface area contributed by atoms with Gasteiger partial charge in [0, 0.05) is 36.8 Å². The molecular formula is C33H34ClN3O6. The van der Waals surface area contributed by atoms with Gasteiger partial charge in [-0.15, -0.1) is 0 Å². The number of hydrogen-bond donors (Lipinski definition) is 2. The molecule has 0 radical (unpaired) electrons. The van der Waals surface area contributed by atoms with Crippen molar-refractivity contribution in [2.45, 2.75) is 39.3 Å². The van der Waals surface area contributed by atoms with E-state index in [0.29, 0.717) is 35.6 Å². The number of benzene rings is 3. The zero-order valence-electron chi connectivity index (χ0n) is 24.5. The van der Waals surface area contributed by atoms with Crippen LogP contribution in [0.15, 0.2) is 78.0 Å². The van der Waals surface area contributed by atoms with Crippen molar-refractivity contribution in [1.29, 1.82) is 0 Å². The number of nitrogens with zero attached hydrogens (tertiary/aromatic N) is 2. The van der Waals surface area contributed by atoms with Crippen molar-refractivity contribution in [2.24, 2.45) is 5.41 Å². The lowest BCUT2D eigenvalue weighted by molar-refractivity contribution is -0.131. The van der Waals surface area contributed by atoms with Crippen LogP contribution in [0.1, 0.15) is 43.9 Å². The molecule has 0 saturated heterocycles. The number of carbonyl (C=O) groups is 3. The topological polar surface area (TPSA) is 108 Å². The molecule has 3 aromatic carbocycles. The Morgan fingerprint density at radius 3 is 2.51 bits per heavy atom. The molecule has 2 aliphatic rings. The normalized spacial score (nSPS) is 17.3. The van der Waals surface area contributed by atoms with Gasteiger partial charge in [0.2, 0.25) is 0 Å². The Kier molecular flexibility index (Phi) is 8.37. The molecular weight excluding hydrogens is 570 g/mol. The number of fused-ring (bicyclic) bond motifs is 1. The Balaban J connectivity index is 1.63. The number of anilines is 2. The van der Waals surface area contributed by atoms with E-state index in [4.69, 9.17) is 21.1 Å². The zero-order valence-corrected chi connectivity index (χ0v) is 25.3. The van der Waals surface area contributed by atoms with Crippen LogP contribution in [0.25, 0.3) is 0 Å². The second kappa shape index (κ2) is 12.0. The van der Waals surface area contributed by atoms with E-state index in [1.165, 1.54) is 15.9 Å². The van der Waals surface area contributed by atoms with Gasteiger partial charge < -0.3 is 24.8 Å². The van der Waals surface area contributed by atoms with Gasteiger partial charge in [-0.05, 0) is 47.2 Å². The van der Waals surface area contributed by atoms with Gasteiger partial charge in [-0.1, -0.05) is 67.9 Å². The molecule has 1 aliphatic heterocycles. The van der Waals surface area contributed by atoms with Crippen molar-refractivity contribution in [3.05, 3.63) is 94.1 Å². The van der Waals surface area contributed by atoms with Crippen LogP contribution in [-0.4, -0.2) is 48.5 Å². The van der Waals surface area contributed by atoms with Gasteiger partial charge in [-0.2, -0.15) is 0 Å². The van der Waals surface area contributed by atoms with E-state index in [9.17, 15) is 19.5 Å².